The number of piperidine rings is 1. The first-order chi connectivity index (χ1) is 11.5. The van der Waals surface area contributed by atoms with Crippen LogP contribution in [0.4, 0.5) is 4.79 Å². The molecule has 3 rings (SSSR count). The molecule has 1 atom stereocenters. The molecule has 1 spiro atoms. The Morgan fingerprint density at radius 2 is 2.25 bits per heavy atom. The molecular formula is C17H29N5O2. The molecule has 7 nitrogen and oxygen atoms in total. The van der Waals surface area contributed by atoms with Gasteiger partial charge < -0.3 is 19.9 Å². The lowest BCUT2D eigenvalue weighted by atomic mass is 9.82. The Morgan fingerprint density at radius 3 is 2.88 bits per heavy atom. The number of hydrogen-bond donors (Lipinski definition) is 2. The van der Waals surface area contributed by atoms with E-state index in [1.54, 1.807) is 19.0 Å². The molecule has 1 aromatic heterocycles. The minimum Gasteiger partial charge on any atom is -0.375 e. The number of aromatic nitrogens is 2. The summed E-state index contributed by atoms with van der Waals surface area (Å²) in [5.41, 5.74) is 1.10. The molecule has 1 unspecified atom stereocenters. The number of ether oxygens (including phenoxy) is 1. The van der Waals surface area contributed by atoms with Crippen LogP contribution in [-0.4, -0.2) is 71.2 Å². The first-order valence-corrected chi connectivity index (χ1v) is 8.80. The zero-order valence-electron chi connectivity index (χ0n) is 15.0. The van der Waals surface area contributed by atoms with E-state index in [1.165, 1.54) is 5.69 Å². The first kappa shape index (κ1) is 17.2. The van der Waals surface area contributed by atoms with Gasteiger partial charge >= 0.3 is 6.03 Å². The standard InChI is InChI=1S/C17H29N5O2/c1-13-18-11-15(19-13)12-22-7-5-17(6-8-22)10-14(4-9-24-17)20-16(23)21(2)3/h11,14H,4-10,12H2,1-3H3,(H,18,19)(H,20,23). The number of carbonyl (C=O) groups is 1. The van der Waals surface area contributed by atoms with Crippen LogP contribution in [0.3, 0.4) is 0 Å². The number of imidazole rings is 1. The number of urea groups is 1. The number of aromatic amines is 1. The molecule has 2 saturated heterocycles. The molecule has 0 aliphatic carbocycles. The second kappa shape index (κ2) is 7.11. The number of amides is 2. The quantitative estimate of drug-likeness (QED) is 0.878. The lowest BCUT2D eigenvalue weighted by Crippen LogP contribution is -2.54. The summed E-state index contributed by atoms with van der Waals surface area (Å²) in [6.07, 6.45) is 5.79. The molecule has 2 fully saturated rings. The predicted octanol–water partition coefficient (Wildman–Crippen LogP) is 1.50. The Labute approximate surface area is 143 Å². The lowest BCUT2D eigenvalue weighted by molar-refractivity contribution is -0.119. The molecule has 7 heteroatoms. The van der Waals surface area contributed by atoms with E-state index in [9.17, 15) is 4.79 Å². The number of aryl methyl sites for hydroxylation is 1. The molecule has 24 heavy (non-hydrogen) atoms. The normalized spacial score (nSPS) is 24.0. The van der Waals surface area contributed by atoms with Crippen molar-refractivity contribution in [3.63, 3.8) is 0 Å². The van der Waals surface area contributed by atoms with E-state index in [0.717, 1.165) is 57.7 Å². The van der Waals surface area contributed by atoms with Crippen LogP contribution in [0, 0.1) is 6.92 Å². The highest BCUT2D eigenvalue weighted by atomic mass is 16.5. The molecule has 3 heterocycles. The average molecular weight is 335 g/mol. The van der Waals surface area contributed by atoms with E-state index < -0.39 is 0 Å². The SMILES string of the molecule is Cc1ncc(CN2CCC3(CC2)CC(NC(=O)N(C)C)CCO3)[nH]1. The van der Waals surface area contributed by atoms with Gasteiger partial charge in [-0.3, -0.25) is 4.90 Å². The van der Waals surface area contributed by atoms with Gasteiger partial charge in [0.25, 0.3) is 0 Å². The zero-order valence-corrected chi connectivity index (χ0v) is 15.0. The molecule has 0 aromatic carbocycles. The van der Waals surface area contributed by atoms with Crippen LogP contribution in [-0.2, 0) is 11.3 Å². The maximum absolute atomic E-state index is 11.9. The first-order valence-electron chi connectivity index (χ1n) is 8.80. The van der Waals surface area contributed by atoms with Crippen LogP contribution in [0.15, 0.2) is 6.20 Å². The number of rotatable bonds is 3. The van der Waals surface area contributed by atoms with Gasteiger partial charge in [-0.2, -0.15) is 0 Å². The van der Waals surface area contributed by atoms with Crippen molar-refractivity contribution in [1.29, 1.82) is 0 Å². The van der Waals surface area contributed by atoms with E-state index in [0.29, 0.717) is 0 Å². The fourth-order valence-electron chi connectivity index (χ4n) is 3.71. The Morgan fingerprint density at radius 1 is 1.50 bits per heavy atom. The van der Waals surface area contributed by atoms with Crippen LogP contribution < -0.4 is 5.32 Å². The molecule has 0 radical (unpaired) electrons. The van der Waals surface area contributed by atoms with Crippen LogP contribution in [0.25, 0.3) is 0 Å². The zero-order chi connectivity index (χ0) is 17.2. The van der Waals surface area contributed by atoms with Crippen molar-refractivity contribution >= 4 is 6.03 Å². The molecule has 0 bridgehead atoms. The van der Waals surface area contributed by atoms with Crippen molar-refractivity contribution in [1.82, 2.24) is 25.1 Å². The molecule has 2 aliphatic rings. The monoisotopic (exact) mass is 335 g/mol. The Kier molecular flexibility index (Phi) is 5.10. The Bertz CT molecular complexity index is 563. The van der Waals surface area contributed by atoms with Crippen molar-refractivity contribution in [2.75, 3.05) is 33.8 Å². The summed E-state index contributed by atoms with van der Waals surface area (Å²) < 4.78 is 6.17. The van der Waals surface area contributed by atoms with Gasteiger partial charge in [0, 0.05) is 58.3 Å². The highest BCUT2D eigenvalue weighted by Gasteiger charge is 2.40. The fourth-order valence-corrected chi connectivity index (χ4v) is 3.71. The smallest absolute Gasteiger partial charge is 0.317 e. The number of carbonyl (C=O) groups excluding carboxylic acids is 1. The summed E-state index contributed by atoms with van der Waals surface area (Å²) in [6.45, 7) is 5.67. The third kappa shape index (κ3) is 4.08. The second-order valence-electron chi connectivity index (χ2n) is 7.34. The van der Waals surface area contributed by atoms with Crippen molar-refractivity contribution in [2.45, 2.75) is 50.8 Å². The molecule has 0 saturated carbocycles. The Balaban J connectivity index is 1.51. The third-order valence-corrected chi connectivity index (χ3v) is 5.14. The number of hydrogen-bond acceptors (Lipinski definition) is 4. The average Bonchev–Trinajstić information content (AvgIpc) is 2.95. The van der Waals surface area contributed by atoms with Gasteiger partial charge in [-0.1, -0.05) is 0 Å². The van der Waals surface area contributed by atoms with Crippen molar-refractivity contribution < 1.29 is 9.53 Å². The van der Waals surface area contributed by atoms with Gasteiger partial charge in [0.15, 0.2) is 0 Å². The second-order valence-corrected chi connectivity index (χ2v) is 7.34. The topological polar surface area (TPSA) is 73.5 Å². The summed E-state index contributed by atoms with van der Waals surface area (Å²) in [6, 6.07) is 0.208. The maximum Gasteiger partial charge on any atom is 0.317 e. The van der Waals surface area contributed by atoms with Gasteiger partial charge in [-0.25, -0.2) is 9.78 Å². The molecule has 134 valence electrons. The van der Waals surface area contributed by atoms with Gasteiger partial charge in [-0.05, 0) is 32.6 Å². The summed E-state index contributed by atoms with van der Waals surface area (Å²) in [4.78, 5) is 23.5. The molecule has 2 amide bonds. The molecular weight excluding hydrogens is 306 g/mol. The largest absolute Gasteiger partial charge is 0.375 e. The van der Waals surface area contributed by atoms with Crippen LogP contribution in [0.1, 0.15) is 37.2 Å². The number of H-pyrrole nitrogens is 1. The minimum atomic E-state index is -0.0666. The summed E-state index contributed by atoms with van der Waals surface area (Å²) in [5, 5.41) is 3.12. The van der Waals surface area contributed by atoms with Gasteiger partial charge in [0.1, 0.15) is 5.82 Å². The van der Waals surface area contributed by atoms with E-state index in [4.69, 9.17) is 4.74 Å². The summed E-state index contributed by atoms with van der Waals surface area (Å²) in [5.74, 6) is 0.966. The van der Waals surface area contributed by atoms with Crippen LogP contribution in [0.5, 0.6) is 0 Å². The molecule has 1 aromatic rings. The highest BCUT2D eigenvalue weighted by Crippen LogP contribution is 2.35. The lowest BCUT2D eigenvalue weighted by Gasteiger charge is -2.46. The van der Waals surface area contributed by atoms with E-state index in [-0.39, 0.29) is 17.7 Å². The van der Waals surface area contributed by atoms with Crippen molar-refractivity contribution in [2.24, 2.45) is 0 Å². The van der Waals surface area contributed by atoms with Gasteiger partial charge in [-0.15, -0.1) is 0 Å². The maximum atomic E-state index is 11.9. The Hall–Kier alpha value is -1.60. The predicted molar refractivity (Wildman–Crippen MR) is 91.8 cm³/mol. The van der Waals surface area contributed by atoms with E-state index in [1.807, 2.05) is 13.1 Å². The number of nitrogens with zero attached hydrogens (tertiary/aromatic N) is 3. The highest BCUT2D eigenvalue weighted by molar-refractivity contribution is 5.73. The van der Waals surface area contributed by atoms with E-state index in [2.05, 4.69) is 20.2 Å². The summed E-state index contributed by atoms with van der Waals surface area (Å²) >= 11 is 0. The van der Waals surface area contributed by atoms with Crippen molar-refractivity contribution in [3.8, 4) is 0 Å². The number of nitrogens with one attached hydrogen (secondary N) is 2. The summed E-state index contributed by atoms with van der Waals surface area (Å²) in [7, 11) is 3.56. The third-order valence-electron chi connectivity index (χ3n) is 5.14. The van der Waals surface area contributed by atoms with Gasteiger partial charge in [0.2, 0.25) is 0 Å². The minimum absolute atomic E-state index is 0.0101. The molecule has 2 aliphatic heterocycles. The van der Waals surface area contributed by atoms with Gasteiger partial charge in [0.05, 0.1) is 5.60 Å². The van der Waals surface area contributed by atoms with E-state index >= 15 is 0 Å². The van der Waals surface area contributed by atoms with Crippen molar-refractivity contribution in [3.05, 3.63) is 17.7 Å². The van der Waals surface area contributed by atoms with Crippen LogP contribution >= 0.6 is 0 Å². The van der Waals surface area contributed by atoms with Crippen LogP contribution in [0.2, 0.25) is 0 Å². The molecule has 2 N–H and O–H groups in total. The number of likely N-dealkylation sites (tertiary alicyclic amines) is 1. The fraction of sp³-hybridized carbons (Fsp3) is 0.765.